The number of ether oxygens (including phenoxy) is 1. The zero-order valence-electron chi connectivity index (χ0n) is 11.5. The first-order valence-corrected chi connectivity index (χ1v) is 6.76. The molecule has 0 aliphatic carbocycles. The van der Waals surface area contributed by atoms with Gasteiger partial charge in [-0.05, 0) is 25.5 Å². The maximum atomic E-state index is 11.5. The minimum atomic E-state index is -0.390. The van der Waals surface area contributed by atoms with E-state index in [1.54, 1.807) is 12.3 Å². The maximum Gasteiger partial charge on any atom is 0.267 e. The standard InChI is InChI=1S/C13H21N5O2/c14-12-10(13(19)17-15)3-4-16-11(12)2-1-5-18-6-8-20-9-7-18/h3-4H,1-2,5-9,14-15H2,(H,17,19). The van der Waals surface area contributed by atoms with Crippen LogP contribution in [0.2, 0.25) is 0 Å². The largest absolute Gasteiger partial charge is 0.397 e. The fraction of sp³-hybridized carbons (Fsp3) is 0.538. The second-order valence-corrected chi connectivity index (χ2v) is 4.75. The molecular formula is C13H21N5O2. The summed E-state index contributed by atoms with van der Waals surface area (Å²) in [6.07, 6.45) is 3.28. The smallest absolute Gasteiger partial charge is 0.267 e. The van der Waals surface area contributed by atoms with Crippen molar-refractivity contribution in [1.82, 2.24) is 15.3 Å². The lowest BCUT2D eigenvalue weighted by Crippen LogP contribution is -2.37. The lowest BCUT2D eigenvalue weighted by molar-refractivity contribution is 0.0374. The Bertz CT molecular complexity index is 460. The second kappa shape index (κ2) is 7.18. The number of nitrogens with zero attached hydrogens (tertiary/aromatic N) is 2. The van der Waals surface area contributed by atoms with Crippen LogP contribution in [0.3, 0.4) is 0 Å². The van der Waals surface area contributed by atoms with Crippen molar-refractivity contribution in [3.8, 4) is 0 Å². The van der Waals surface area contributed by atoms with Gasteiger partial charge in [0.1, 0.15) is 0 Å². The first kappa shape index (κ1) is 14.7. The van der Waals surface area contributed by atoms with Crippen LogP contribution in [0, 0.1) is 0 Å². The lowest BCUT2D eigenvalue weighted by Gasteiger charge is -2.26. The number of hydrogen-bond donors (Lipinski definition) is 3. The van der Waals surface area contributed by atoms with Crippen LogP contribution in [0.5, 0.6) is 0 Å². The Morgan fingerprint density at radius 3 is 2.90 bits per heavy atom. The summed E-state index contributed by atoms with van der Waals surface area (Å²) < 4.78 is 5.31. The van der Waals surface area contributed by atoms with Gasteiger partial charge in [-0.2, -0.15) is 0 Å². The molecule has 0 unspecified atom stereocenters. The summed E-state index contributed by atoms with van der Waals surface area (Å²) in [6, 6.07) is 1.57. The molecule has 2 rings (SSSR count). The van der Waals surface area contributed by atoms with E-state index in [-0.39, 0.29) is 5.91 Å². The van der Waals surface area contributed by atoms with E-state index in [1.165, 1.54) is 0 Å². The predicted octanol–water partition coefficient (Wildman–Crippen LogP) is -0.468. The summed E-state index contributed by atoms with van der Waals surface area (Å²) in [6.45, 7) is 4.52. The summed E-state index contributed by atoms with van der Waals surface area (Å²) in [7, 11) is 0. The fourth-order valence-electron chi connectivity index (χ4n) is 2.29. The molecule has 1 aromatic heterocycles. The van der Waals surface area contributed by atoms with E-state index in [1.807, 2.05) is 0 Å². The zero-order chi connectivity index (χ0) is 14.4. The highest BCUT2D eigenvalue weighted by Gasteiger charge is 2.13. The van der Waals surface area contributed by atoms with Gasteiger partial charge in [-0.15, -0.1) is 0 Å². The van der Waals surface area contributed by atoms with Crippen LogP contribution < -0.4 is 17.0 Å². The number of aromatic nitrogens is 1. The average Bonchev–Trinajstić information content (AvgIpc) is 2.49. The van der Waals surface area contributed by atoms with Crippen LogP contribution in [0.4, 0.5) is 5.69 Å². The van der Waals surface area contributed by atoms with Crippen LogP contribution in [0.15, 0.2) is 12.3 Å². The first-order chi connectivity index (χ1) is 9.72. The number of anilines is 1. The van der Waals surface area contributed by atoms with Crippen molar-refractivity contribution in [2.24, 2.45) is 5.84 Å². The van der Waals surface area contributed by atoms with Crippen LogP contribution in [-0.2, 0) is 11.2 Å². The molecule has 5 N–H and O–H groups in total. The van der Waals surface area contributed by atoms with E-state index in [0.717, 1.165) is 51.4 Å². The average molecular weight is 279 g/mol. The third kappa shape index (κ3) is 3.66. The monoisotopic (exact) mass is 279 g/mol. The first-order valence-electron chi connectivity index (χ1n) is 6.76. The molecule has 1 aliphatic rings. The molecule has 1 saturated heterocycles. The van der Waals surface area contributed by atoms with Gasteiger partial charge in [0.25, 0.3) is 5.91 Å². The number of hydrazine groups is 1. The van der Waals surface area contributed by atoms with E-state index < -0.39 is 0 Å². The predicted molar refractivity (Wildman–Crippen MR) is 75.9 cm³/mol. The van der Waals surface area contributed by atoms with Crippen molar-refractivity contribution in [3.63, 3.8) is 0 Å². The van der Waals surface area contributed by atoms with Crippen molar-refractivity contribution in [2.45, 2.75) is 12.8 Å². The van der Waals surface area contributed by atoms with E-state index in [2.05, 4.69) is 15.3 Å². The Hall–Kier alpha value is -1.70. The molecule has 0 bridgehead atoms. The van der Waals surface area contributed by atoms with Crippen molar-refractivity contribution < 1.29 is 9.53 Å². The number of aryl methyl sites for hydroxylation is 1. The highest BCUT2D eigenvalue weighted by atomic mass is 16.5. The van der Waals surface area contributed by atoms with Gasteiger partial charge in [-0.1, -0.05) is 0 Å². The summed E-state index contributed by atoms with van der Waals surface area (Å²) in [4.78, 5) is 18.1. The molecule has 1 amide bonds. The molecule has 0 aromatic carbocycles. The number of morpholine rings is 1. The molecule has 20 heavy (non-hydrogen) atoms. The normalized spacial score (nSPS) is 16.1. The highest BCUT2D eigenvalue weighted by molar-refractivity contribution is 5.99. The molecule has 2 heterocycles. The third-order valence-corrected chi connectivity index (χ3v) is 3.44. The molecule has 7 heteroatoms. The van der Waals surface area contributed by atoms with E-state index in [0.29, 0.717) is 11.3 Å². The van der Waals surface area contributed by atoms with Crippen LogP contribution in [0.1, 0.15) is 22.5 Å². The molecule has 0 radical (unpaired) electrons. The van der Waals surface area contributed by atoms with Crippen LogP contribution in [-0.4, -0.2) is 48.6 Å². The summed E-state index contributed by atoms with van der Waals surface area (Å²) in [5.74, 6) is 4.74. The quantitative estimate of drug-likeness (QED) is 0.382. The van der Waals surface area contributed by atoms with Crippen molar-refractivity contribution in [1.29, 1.82) is 0 Å². The van der Waals surface area contributed by atoms with Gasteiger partial charge in [-0.25, -0.2) is 5.84 Å². The van der Waals surface area contributed by atoms with Gasteiger partial charge in [0, 0.05) is 19.3 Å². The Balaban J connectivity index is 1.90. The molecule has 7 nitrogen and oxygen atoms in total. The van der Waals surface area contributed by atoms with E-state index in [9.17, 15) is 4.79 Å². The SMILES string of the molecule is NNC(=O)c1ccnc(CCCN2CCOCC2)c1N. The molecule has 1 aliphatic heterocycles. The van der Waals surface area contributed by atoms with Crippen molar-refractivity contribution >= 4 is 11.6 Å². The molecule has 0 atom stereocenters. The molecular weight excluding hydrogens is 258 g/mol. The number of rotatable bonds is 5. The molecule has 0 saturated carbocycles. The zero-order valence-corrected chi connectivity index (χ0v) is 11.5. The topological polar surface area (TPSA) is 106 Å². The van der Waals surface area contributed by atoms with Crippen molar-refractivity contribution in [3.05, 3.63) is 23.5 Å². The van der Waals surface area contributed by atoms with E-state index in [4.69, 9.17) is 16.3 Å². The van der Waals surface area contributed by atoms with Gasteiger partial charge in [0.05, 0.1) is 30.2 Å². The Kier molecular flexibility index (Phi) is 5.28. The van der Waals surface area contributed by atoms with Gasteiger partial charge < -0.3 is 10.5 Å². The Morgan fingerprint density at radius 1 is 1.45 bits per heavy atom. The molecule has 1 aromatic rings. The van der Waals surface area contributed by atoms with Gasteiger partial charge in [0.2, 0.25) is 0 Å². The van der Waals surface area contributed by atoms with Gasteiger partial charge in [0.15, 0.2) is 0 Å². The summed E-state index contributed by atoms with van der Waals surface area (Å²) >= 11 is 0. The summed E-state index contributed by atoms with van der Waals surface area (Å²) in [5.41, 5.74) is 9.60. The number of nitrogens with two attached hydrogens (primary N) is 2. The lowest BCUT2D eigenvalue weighted by atomic mass is 10.1. The van der Waals surface area contributed by atoms with Crippen LogP contribution >= 0.6 is 0 Å². The van der Waals surface area contributed by atoms with Crippen molar-refractivity contribution in [2.75, 3.05) is 38.6 Å². The number of hydrogen-bond acceptors (Lipinski definition) is 6. The number of amides is 1. The number of carbonyl (C=O) groups is 1. The Labute approximate surface area is 118 Å². The number of nitrogen functional groups attached to an aromatic ring is 2. The molecule has 110 valence electrons. The second-order valence-electron chi connectivity index (χ2n) is 4.75. The van der Waals surface area contributed by atoms with Gasteiger partial charge in [-0.3, -0.25) is 20.1 Å². The number of carbonyl (C=O) groups excluding carboxylic acids is 1. The number of nitrogens with one attached hydrogen (secondary N) is 1. The third-order valence-electron chi connectivity index (χ3n) is 3.44. The minimum absolute atomic E-state index is 0.379. The highest BCUT2D eigenvalue weighted by Crippen LogP contribution is 2.16. The fourth-order valence-corrected chi connectivity index (χ4v) is 2.29. The van der Waals surface area contributed by atoms with Crippen LogP contribution in [0.25, 0.3) is 0 Å². The Morgan fingerprint density at radius 2 is 2.20 bits per heavy atom. The number of pyridine rings is 1. The molecule has 0 spiro atoms. The summed E-state index contributed by atoms with van der Waals surface area (Å²) in [5, 5.41) is 0. The molecule has 1 fully saturated rings. The maximum absolute atomic E-state index is 11.5. The van der Waals surface area contributed by atoms with E-state index >= 15 is 0 Å². The minimum Gasteiger partial charge on any atom is -0.397 e. The van der Waals surface area contributed by atoms with Gasteiger partial charge >= 0.3 is 0 Å².